The molecule has 1 fully saturated rings. The summed E-state index contributed by atoms with van der Waals surface area (Å²) in [6.07, 6.45) is 3.25. The summed E-state index contributed by atoms with van der Waals surface area (Å²) < 4.78 is 5.08. The van der Waals surface area contributed by atoms with Gasteiger partial charge in [-0.2, -0.15) is 0 Å². The van der Waals surface area contributed by atoms with Crippen molar-refractivity contribution in [2.75, 3.05) is 6.54 Å². The van der Waals surface area contributed by atoms with Gasteiger partial charge in [0.1, 0.15) is 6.61 Å². The molecule has 0 aromatic heterocycles. The summed E-state index contributed by atoms with van der Waals surface area (Å²) in [5.41, 5.74) is -0.0516. The fourth-order valence-electron chi connectivity index (χ4n) is 2.70. The van der Waals surface area contributed by atoms with Gasteiger partial charge in [-0.05, 0) is 18.4 Å². The van der Waals surface area contributed by atoms with E-state index in [0.29, 0.717) is 12.8 Å². The van der Waals surface area contributed by atoms with Crippen molar-refractivity contribution in [2.45, 2.75) is 38.7 Å². The van der Waals surface area contributed by atoms with Crippen LogP contribution in [0.3, 0.4) is 0 Å². The molecule has 0 radical (unpaired) electrons. The minimum atomic E-state index is -1.08. The van der Waals surface area contributed by atoms with Gasteiger partial charge in [-0.3, -0.25) is 0 Å². The summed E-state index contributed by atoms with van der Waals surface area (Å²) >= 11 is 0. The van der Waals surface area contributed by atoms with Gasteiger partial charge in [0.15, 0.2) is 0 Å². The fourth-order valence-corrected chi connectivity index (χ4v) is 2.70. The molecule has 0 unspecified atom stereocenters. The third-order valence-corrected chi connectivity index (χ3v) is 4.03. The van der Waals surface area contributed by atoms with Crippen molar-refractivity contribution in [3.63, 3.8) is 0 Å². The fraction of sp³-hybridized carbons (Fsp3) is 0.500. The second-order valence-electron chi connectivity index (χ2n) is 5.54. The molecule has 0 saturated heterocycles. The van der Waals surface area contributed by atoms with Gasteiger partial charge in [-0.1, -0.05) is 49.6 Å². The maximum absolute atomic E-state index is 11.7. The van der Waals surface area contributed by atoms with Gasteiger partial charge in [0.2, 0.25) is 0 Å². The summed E-state index contributed by atoms with van der Waals surface area (Å²) in [5, 5.41) is 13.9. The molecular weight excluding hydrogens is 293 g/mol. The van der Waals surface area contributed by atoms with Crippen LogP contribution in [0.1, 0.15) is 37.7 Å². The molecule has 0 heterocycles. The van der Waals surface area contributed by atoms with Crippen LogP contribution in [0.4, 0.5) is 4.79 Å². The molecule has 1 aromatic rings. The Morgan fingerprint density at radius 2 is 1.77 bits per heavy atom. The molecule has 114 valence electrons. The van der Waals surface area contributed by atoms with E-state index >= 15 is 0 Å². The molecule has 0 atom stereocenters. The van der Waals surface area contributed by atoms with Gasteiger partial charge >= 0.3 is 35.7 Å². The molecule has 0 bridgehead atoms. The molecule has 1 aromatic carbocycles. The van der Waals surface area contributed by atoms with Crippen molar-refractivity contribution < 1.29 is 49.0 Å². The number of amides is 1. The van der Waals surface area contributed by atoms with Crippen LogP contribution in [-0.2, 0) is 16.1 Å². The zero-order chi connectivity index (χ0) is 15.1. The third kappa shape index (κ3) is 5.30. The van der Waals surface area contributed by atoms with Gasteiger partial charge in [0.05, 0.1) is 0 Å². The molecule has 1 aliphatic carbocycles. The molecule has 1 saturated carbocycles. The molecule has 1 N–H and O–H groups in total. The SMILES string of the molecule is O=C(NCC1(C(=O)[O-])CCCCC1)OCc1ccccc1.[Na+]. The summed E-state index contributed by atoms with van der Waals surface area (Å²) in [4.78, 5) is 23.0. The van der Waals surface area contributed by atoms with Crippen molar-refractivity contribution in [3.8, 4) is 0 Å². The standard InChI is InChI=1S/C16H21NO4.Na/c18-14(19)16(9-5-2-6-10-16)12-17-15(20)21-11-13-7-3-1-4-8-13;/h1,3-4,7-8H,2,5-6,9-12H2,(H,17,20)(H,18,19);/q;+1/p-1. The predicted octanol–water partition coefficient (Wildman–Crippen LogP) is -1.38. The molecule has 5 nitrogen and oxygen atoms in total. The minimum Gasteiger partial charge on any atom is -0.549 e. The summed E-state index contributed by atoms with van der Waals surface area (Å²) in [7, 11) is 0. The number of hydrogen-bond acceptors (Lipinski definition) is 4. The molecule has 22 heavy (non-hydrogen) atoms. The summed E-state index contributed by atoms with van der Waals surface area (Å²) in [6.45, 7) is 0.244. The van der Waals surface area contributed by atoms with Crippen LogP contribution in [0.25, 0.3) is 0 Å². The van der Waals surface area contributed by atoms with E-state index < -0.39 is 17.5 Å². The van der Waals surface area contributed by atoms with Crippen LogP contribution in [0.5, 0.6) is 0 Å². The Hall–Kier alpha value is -1.04. The Balaban J connectivity index is 0.00000242. The summed E-state index contributed by atoms with van der Waals surface area (Å²) in [5.74, 6) is -1.08. The van der Waals surface area contributed by atoms with E-state index in [9.17, 15) is 14.7 Å². The Kier molecular flexibility index (Phi) is 7.93. The zero-order valence-corrected chi connectivity index (χ0v) is 15.0. The van der Waals surface area contributed by atoms with E-state index in [2.05, 4.69) is 5.32 Å². The minimum absolute atomic E-state index is 0. The number of carbonyl (C=O) groups excluding carboxylic acids is 2. The summed E-state index contributed by atoms with van der Waals surface area (Å²) in [6, 6.07) is 9.33. The van der Waals surface area contributed by atoms with Crippen molar-refractivity contribution in [1.82, 2.24) is 5.32 Å². The Labute approximate surface area is 152 Å². The molecule has 2 rings (SSSR count). The largest absolute Gasteiger partial charge is 1.00 e. The van der Waals surface area contributed by atoms with Crippen LogP contribution >= 0.6 is 0 Å². The monoisotopic (exact) mass is 313 g/mol. The third-order valence-electron chi connectivity index (χ3n) is 4.03. The maximum atomic E-state index is 11.7. The van der Waals surface area contributed by atoms with Crippen molar-refractivity contribution >= 4 is 12.1 Å². The van der Waals surface area contributed by atoms with E-state index in [0.717, 1.165) is 24.8 Å². The van der Waals surface area contributed by atoms with Gasteiger partial charge in [0, 0.05) is 17.9 Å². The van der Waals surface area contributed by atoms with Gasteiger partial charge < -0.3 is 20.0 Å². The maximum Gasteiger partial charge on any atom is 1.00 e. The van der Waals surface area contributed by atoms with Gasteiger partial charge in [0.25, 0.3) is 0 Å². The van der Waals surface area contributed by atoms with Crippen LogP contribution in [0.15, 0.2) is 30.3 Å². The van der Waals surface area contributed by atoms with Gasteiger partial charge in [-0.15, -0.1) is 0 Å². The molecule has 1 amide bonds. The predicted molar refractivity (Wildman–Crippen MR) is 75.2 cm³/mol. The Bertz CT molecular complexity index is 486. The number of hydrogen-bond donors (Lipinski definition) is 1. The van der Waals surface area contributed by atoms with Crippen molar-refractivity contribution in [1.29, 1.82) is 0 Å². The van der Waals surface area contributed by atoms with E-state index in [4.69, 9.17) is 4.74 Å². The first-order chi connectivity index (χ1) is 10.1. The molecule has 1 aliphatic rings. The second-order valence-corrected chi connectivity index (χ2v) is 5.54. The van der Waals surface area contributed by atoms with Gasteiger partial charge in [-0.25, -0.2) is 4.79 Å². The number of ether oxygens (including phenoxy) is 1. The number of carboxylic acid groups (broad SMARTS) is 1. The van der Waals surface area contributed by atoms with Crippen LogP contribution in [-0.4, -0.2) is 18.6 Å². The quantitative estimate of drug-likeness (QED) is 0.680. The number of benzene rings is 1. The molecule has 0 spiro atoms. The number of alkyl carbamates (subject to hydrolysis) is 1. The smallest absolute Gasteiger partial charge is 0.549 e. The normalized spacial score (nSPS) is 16.2. The number of aliphatic carboxylic acids is 1. The number of carbonyl (C=O) groups is 2. The van der Waals surface area contributed by atoms with Crippen LogP contribution in [0.2, 0.25) is 0 Å². The zero-order valence-electron chi connectivity index (χ0n) is 13.0. The average molecular weight is 313 g/mol. The van der Waals surface area contributed by atoms with Crippen LogP contribution < -0.4 is 40.0 Å². The number of carboxylic acids is 1. The Morgan fingerprint density at radius 1 is 1.14 bits per heavy atom. The second kappa shape index (κ2) is 9.18. The number of rotatable bonds is 5. The van der Waals surface area contributed by atoms with Crippen LogP contribution in [0, 0.1) is 5.41 Å². The van der Waals surface area contributed by atoms with E-state index in [1.807, 2.05) is 30.3 Å². The molecule has 6 heteroatoms. The molecule has 0 aliphatic heterocycles. The first kappa shape index (κ1) is 19.0. The van der Waals surface area contributed by atoms with Crippen molar-refractivity contribution in [3.05, 3.63) is 35.9 Å². The topological polar surface area (TPSA) is 78.5 Å². The number of nitrogens with one attached hydrogen (secondary N) is 1. The first-order valence-corrected chi connectivity index (χ1v) is 7.28. The first-order valence-electron chi connectivity index (χ1n) is 7.28. The van der Waals surface area contributed by atoms with Crippen molar-refractivity contribution in [2.24, 2.45) is 5.41 Å². The Morgan fingerprint density at radius 3 is 2.36 bits per heavy atom. The average Bonchev–Trinajstić information content (AvgIpc) is 2.52. The van der Waals surface area contributed by atoms with E-state index in [1.165, 1.54) is 0 Å². The van der Waals surface area contributed by atoms with E-state index in [1.54, 1.807) is 0 Å². The molecular formula is C16H20NNaO4. The van der Waals surface area contributed by atoms with E-state index in [-0.39, 0.29) is 42.7 Å².